The minimum atomic E-state index is 0.801. The third-order valence-corrected chi connectivity index (χ3v) is 1.82. The van der Waals surface area contributed by atoms with E-state index in [4.69, 9.17) is 0 Å². The van der Waals surface area contributed by atoms with E-state index in [9.17, 15) is 0 Å². The van der Waals surface area contributed by atoms with Gasteiger partial charge in [-0.2, -0.15) is 0 Å². The molecule has 1 rings (SSSR count). The van der Waals surface area contributed by atoms with Crippen molar-refractivity contribution in [2.75, 3.05) is 6.54 Å². The third kappa shape index (κ3) is 2.35. The SMILES string of the molecule is C[C](C)C[C@@H]1CCCN1. The lowest BCUT2D eigenvalue weighted by Crippen LogP contribution is -2.22. The van der Waals surface area contributed by atoms with Crippen LogP contribution in [0.5, 0.6) is 0 Å². The smallest absolute Gasteiger partial charge is 0.00728 e. The van der Waals surface area contributed by atoms with Crippen molar-refractivity contribution in [1.29, 1.82) is 0 Å². The molecule has 9 heavy (non-hydrogen) atoms. The Bertz CT molecular complexity index is 72.6. The first-order valence-electron chi connectivity index (χ1n) is 3.81. The van der Waals surface area contributed by atoms with Gasteiger partial charge < -0.3 is 5.32 Å². The van der Waals surface area contributed by atoms with E-state index in [1.165, 1.54) is 25.8 Å². The van der Waals surface area contributed by atoms with Gasteiger partial charge in [-0.05, 0) is 31.7 Å². The number of rotatable bonds is 2. The standard InChI is InChI=1S/C8H16N/c1-7(2)6-8-4-3-5-9-8/h8-9H,3-6H2,1-2H3/t8-/m0/s1. The molecule has 0 bridgehead atoms. The van der Waals surface area contributed by atoms with Crippen molar-refractivity contribution in [3.8, 4) is 0 Å². The van der Waals surface area contributed by atoms with Crippen molar-refractivity contribution in [3.05, 3.63) is 5.92 Å². The fraction of sp³-hybridized carbons (Fsp3) is 0.875. The minimum absolute atomic E-state index is 0.801. The average molecular weight is 126 g/mol. The molecule has 0 spiro atoms. The zero-order valence-electron chi connectivity index (χ0n) is 6.41. The summed E-state index contributed by atoms with van der Waals surface area (Å²) in [5, 5.41) is 3.47. The molecule has 0 aromatic heterocycles. The zero-order chi connectivity index (χ0) is 6.69. The van der Waals surface area contributed by atoms with E-state index in [0.717, 1.165) is 6.04 Å². The Morgan fingerprint density at radius 2 is 2.33 bits per heavy atom. The molecule has 0 unspecified atom stereocenters. The molecule has 53 valence electrons. The van der Waals surface area contributed by atoms with Crippen LogP contribution in [0.25, 0.3) is 0 Å². The molecule has 1 aliphatic rings. The van der Waals surface area contributed by atoms with Crippen LogP contribution < -0.4 is 5.32 Å². The Balaban J connectivity index is 2.11. The molecular formula is C8H16N. The summed E-state index contributed by atoms with van der Waals surface area (Å²) in [4.78, 5) is 0. The van der Waals surface area contributed by atoms with Gasteiger partial charge in [0.2, 0.25) is 0 Å². The number of hydrogen-bond acceptors (Lipinski definition) is 1. The van der Waals surface area contributed by atoms with Crippen LogP contribution in [0.3, 0.4) is 0 Å². The van der Waals surface area contributed by atoms with E-state index in [2.05, 4.69) is 19.2 Å². The molecule has 0 saturated carbocycles. The highest BCUT2D eigenvalue weighted by atomic mass is 14.9. The number of nitrogens with one attached hydrogen (secondary N) is 1. The van der Waals surface area contributed by atoms with Crippen LogP contribution >= 0.6 is 0 Å². The second-order valence-corrected chi connectivity index (χ2v) is 3.20. The Kier molecular flexibility index (Phi) is 2.52. The van der Waals surface area contributed by atoms with Crippen LogP contribution in [-0.4, -0.2) is 12.6 Å². The van der Waals surface area contributed by atoms with Crippen molar-refractivity contribution in [2.24, 2.45) is 0 Å². The Labute approximate surface area is 57.8 Å². The first-order chi connectivity index (χ1) is 4.29. The Morgan fingerprint density at radius 3 is 2.78 bits per heavy atom. The third-order valence-electron chi connectivity index (χ3n) is 1.82. The molecule has 1 fully saturated rings. The van der Waals surface area contributed by atoms with Crippen molar-refractivity contribution in [2.45, 2.75) is 39.2 Å². The highest BCUT2D eigenvalue weighted by molar-refractivity contribution is 4.86. The lowest BCUT2D eigenvalue weighted by atomic mass is 10.0. The first kappa shape index (κ1) is 7.07. The molecule has 1 nitrogen and oxygen atoms in total. The van der Waals surface area contributed by atoms with Crippen LogP contribution in [0, 0.1) is 5.92 Å². The summed E-state index contributed by atoms with van der Waals surface area (Å²) >= 11 is 0. The maximum atomic E-state index is 3.47. The molecule has 1 aliphatic heterocycles. The monoisotopic (exact) mass is 126 g/mol. The fourth-order valence-corrected chi connectivity index (χ4v) is 1.42. The van der Waals surface area contributed by atoms with Gasteiger partial charge in [0.15, 0.2) is 0 Å². The topological polar surface area (TPSA) is 12.0 Å². The van der Waals surface area contributed by atoms with Gasteiger partial charge in [0.1, 0.15) is 0 Å². The molecule has 1 heteroatoms. The highest BCUT2D eigenvalue weighted by Gasteiger charge is 2.14. The van der Waals surface area contributed by atoms with E-state index in [1.54, 1.807) is 5.92 Å². The summed E-state index contributed by atoms with van der Waals surface area (Å²) in [5.74, 6) is 1.55. The van der Waals surface area contributed by atoms with Crippen molar-refractivity contribution in [1.82, 2.24) is 5.32 Å². The summed E-state index contributed by atoms with van der Waals surface area (Å²) in [6.07, 6.45) is 4.03. The predicted molar refractivity (Wildman–Crippen MR) is 40.2 cm³/mol. The number of hydrogen-bond donors (Lipinski definition) is 1. The van der Waals surface area contributed by atoms with E-state index >= 15 is 0 Å². The molecule has 0 aliphatic carbocycles. The molecule has 0 aromatic carbocycles. The van der Waals surface area contributed by atoms with Gasteiger partial charge in [0, 0.05) is 6.04 Å². The lowest BCUT2D eigenvalue weighted by Gasteiger charge is -2.11. The summed E-state index contributed by atoms with van der Waals surface area (Å²) in [6, 6.07) is 0.801. The van der Waals surface area contributed by atoms with Crippen LogP contribution in [-0.2, 0) is 0 Å². The molecule has 1 saturated heterocycles. The van der Waals surface area contributed by atoms with Gasteiger partial charge >= 0.3 is 0 Å². The van der Waals surface area contributed by atoms with E-state index in [1.807, 2.05) is 0 Å². The van der Waals surface area contributed by atoms with Crippen LogP contribution in [0.2, 0.25) is 0 Å². The molecule has 0 amide bonds. The van der Waals surface area contributed by atoms with Crippen LogP contribution in [0.15, 0.2) is 0 Å². The predicted octanol–water partition coefficient (Wildman–Crippen LogP) is 1.74. The fourth-order valence-electron chi connectivity index (χ4n) is 1.42. The minimum Gasteiger partial charge on any atom is -0.314 e. The van der Waals surface area contributed by atoms with Gasteiger partial charge in [-0.25, -0.2) is 0 Å². The summed E-state index contributed by atoms with van der Waals surface area (Å²) in [5.41, 5.74) is 0. The molecule has 1 radical (unpaired) electrons. The van der Waals surface area contributed by atoms with E-state index < -0.39 is 0 Å². The summed E-state index contributed by atoms with van der Waals surface area (Å²) in [7, 11) is 0. The molecular weight excluding hydrogens is 110 g/mol. The zero-order valence-corrected chi connectivity index (χ0v) is 6.41. The van der Waals surface area contributed by atoms with Gasteiger partial charge in [-0.1, -0.05) is 13.8 Å². The highest BCUT2D eigenvalue weighted by Crippen LogP contribution is 2.14. The average Bonchev–Trinajstić information content (AvgIpc) is 2.15. The molecule has 1 atom stereocenters. The van der Waals surface area contributed by atoms with E-state index in [0.29, 0.717) is 0 Å². The largest absolute Gasteiger partial charge is 0.314 e. The van der Waals surface area contributed by atoms with Gasteiger partial charge in [-0.15, -0.1) is 0 Å². The van der Waals surface area contributed by atoms with Gasteiger partial charge in [-0.3, -0.25) is 0 Å². The lowest BCUT2D eigenvalue weighted by molar-refractivity contribution is 0.570. The summed E-state index contributed by atoms with van der Waals surface area (Å²) in [6.45, 7) is 5.65. The Morgan fingerprint density at radius 1 is 1.56 bits per heavy atom. The Hall–Kier alpha value is -0.0400. The van der Waals surface area contributed by atoms with Crippen molar-refractivity contribution < 1.29 is 0 Å². The molecule has 1 N–H and O–H groups in total. The second kappa shape index (κ2) is 3.21. The van der Waals surface area contributed by atoms with E-state index in [-0.39, 0.29) is 0 Å². The van der Waals surface area contributed by atoms with Crippen LogP contribution in [0.1, 0.15) is 33.1 Å². The van der Waals surface area contributed by atoms with Crippen molar-refractivity contribution >= 4 is 0 Å². The summed E-state index contributed by atoms with van der Waals surface area (Å²) < 4.78 is 0. The normalized spacial score (nSPS) is 27.7. The maximum absolute atomic E-state index is 3.47. The van der Waals surface area contributed by atoms with Crippen LogP contribution in [0.4, 0.5) is 0 Å². The van der Waals surface area contributed by atoms with Gasteiger partial charge in [0.05, 0.1) is 0 Å². The first-order valence-corrected chi connectivity index (χ1v) is 3.81. The second-order valence-electron chi connectivity index (χ2n) is 3.20. The van der Waals surface area contributed by atoms with Gasteiger partial charge in [0.25, 0.3) is 0 Å². The van der Waals surface area contributed by atoms with Crippen molar-refractivity contribution in [3.63, 3.8) is 0 Å². The molecule has 1 heterocycles. The maximum Gasteiger partial charge on any atom is 0.00728 e. The molecule has 0 aromatic rings. The quantitative estimate of drug-likeness (QED) is 0.594.